The van der Waals surface area contributed by atoms with Crippen LogP contribution in [-0.4, -0.2) is 108 Å². The summed E-state index contributed by atoms with van der Waals surface area (Å²) in [6.45, 7) is 5.72. The third-order valence-electron chi connectivity index (χ3n) is 11.3. The highest BCUT2D eigenvalue weighted by Gasteiger charge is 2.63. The number of sulfonamides is 1. The van der Waals surface area contributed by atoms with Crippen LogP contribution in [0.25, 0.3) is 11.3 Å². The number of alkyl carbamates (subject to hydrolysis) is 1. The zero-order chi connectivity index (χ0) is 40.0. The van der Waals surface area contributed by atoms with Crippen LogP contribution in [0.15, 0.2) is 41.8 Å². The van der Waals surface area contributed by atoms with Gasteiger partial charge in [-0.1, -0.05) is 25.0 Å². The zero-order valence-electron chi connectivity index (χ0n) is 32.1. The number of carbonyl (C=O) groups excluding carboxylic acids is 5. The monoisotopic (exact) mass is 810 g/mol. The molecule has 0 unspecified atom stereocenters. The van der Waals surface area contributed by atoms with Crippen LogP contribution >= 0.6 is 11.3 Å². The molecule has 2 aromatic rings. The maximum Gasteiger partial charge on any atom is 0.408 e. The molecule has 1 aromatic heterocycles. The van der Waals surface area contributed by atoms with E-state index in [1.165, 1.54) is 16.2 Å². The minimum Gasteiger partial charge on any atom is -0.497 e. The Hall–Kier alpha value is -4.51. The maximum atomic E-state index is 14.7. The van der Waals surface area contributed by atoms with Gasteiger partial charge >= 0.3 is 6.09 Å². The van der Waals surface area contributed by atoms with Crippen molar-refractivity contribution in [3.8, 4) is 17.0 Å². The number of methoxy groups -OCH3 is 1. The van der Waals surface area contributed by atoms with E-state index in [2.05, 4.69) is 20.3 Å². The van der Waals surface area contributed by atoms with Gasteiger partial charge in [0, 0.05) is 48.3 Å². The molecular formula is C39H50N6O9S2. The van der Waals surface area contributed by atoms with Crippen molar-refractivity contribution in [3.05, 3.63) is 46.8 Å². The number of carbonyl (C=O) groups is 5. The van der Waals surface area contributed by atoms with Gasteiger partial charge in [-0.25, -0.2) is 18.2 Å². The van der Waals surface area contributed by atoms with Gasteiger partial charge in [0.1, 0.15) is 29.0 Å². The molecule has 2 saturated heterocycles. The quantitative estimate of drug-likeness (QED) is 0.348. The van der Waals surface area contributed by atoms with Crippen LogP contribution in [0.4, 0.5) is 4.79 Å². The average molecular weight is 811 g/mol. The topological polar surface area (TPSA) is 193 Å². The number of ether oxygens (including phenoxy) is 2. The first-order chi connectivity index (χ1) is 26.6. The normalized spacial score (nSPS) is 28.8. The summed E-state index contributed by atoms with van der Waals surface area (Å²) >= 11 is 1.22. The summed E-state index contributed by atoms with van der Waals surface area (Å²) in [5.41, 5.74) is -0.866. The van der Waals surface area contributed by atoms with Crippen molar-refractivity contribution in [1.82, 2.24) is 30.1 Å². The summed E-state index contributed by atoms with van der Waals surface area (Å²) in [5.74, 6) is -2.71. The SMILES string of the molecule is COc1ccc(-c2csc(C(=O)N3C[C@H]4CN5C(=O)[C@H](NC(=O)OC(C)(C)C)CCCCC/C=C\[C@@H]6C[C@@]6(C(=O)NS(=O)(=O)C6CC6)NC(=O)[C@@H]5[C@H]4C3)n2)cc1. The first-order valence-electron chi connectivity index (χ1n) is 19.3. The number of hydrogen-bond donors (Lipinski definition) is 3. The largest absolute Gasteiger partial charge is 0.497 e. The predicted octanol–water partition coefficient (Wildman–Crippen LogP) is 3.61. The zero-order valence-corrected chi connectivity index (χ0v) is 33.7. The van der Waals surface area contributed by atoms with Gasteiger partial charge < -0.3 is 29.9 Å². The second-order valence-electron chi connectivity index (χ2n) is 16.5. The highest BCUT2D eigenvalue weighted by molar-refractivity contribution is 7.91. The molecular weight excluding hydrogens is 761 g/mol. The molecule has 0 spiro atoms. The van der Waals surface area contributed by atoms with E-state index in [-0.39, 0.29) is 42.9 Å². The van der Waals surface area contributed by atoms with E-state index in [1.807, 2.05) is 41.8 Å². The minimum absolute atomic E-state index is 0.130. The summed E-state index contributed by atoms with van der Waals surface area (Å²) in [5, 5.41) is 7.14. The second kappa shape index (κ2) is 15.4. The number of nitrogens with zero attached hydrogens (tertiary/aromatic N) is 3. The van der Waals surface area contributed by atoms with Crippen LogP contribution < -0.4 is 20.1 Å². The van der Waals surface area contributed by atoms with Crippen LogP contribution in [-0.2, 0) is 29.1 Å². The Morgan fingerprint density at radius 2 is 1.77 bits per heavy atom. The first kappa shape index (κ1) is 39.7. The molecule has 2 aliphatic carbocycles. The Kier molecular flexibility index (Phi) is 11.0. The fourth-order valence-corrected chi connectivity index (χ4v) is 10.2. The summed E-state index contributed by atoms with van der Waals surface area (Å²) < 4.78 is 38.8. The van der Waals surface area contributed by atoms with Gasteiger partial charge in [-0.05, 0) is 83.6 Å². The third-order valence-corrected chi connectivity index (χ3v) is 13.9. The van der Waals surface area contributed by atoms with Gasteiger partial charge in [0.2, 0.25) is 21.8 Å². The molecule has 3 N–H and O–H groups in total. The van der Waals surface area contributed by atoms with E-state index in [4.69, 9.17) is 9.47 Å². The van der Waals surface area contributed by atoms with E-state index in [1.54, 1.807) is 32.8 Å². The molecule has 0 bridgehead atoms. The first-order valence-corrected chi connectivity index (χ1v) is 21.7. The number of allylic oxidation sites excluding steroid dienone is 1. The smallest absolute Gasteiger partial charge is 0.408 e. The molecule has 6 atom stereocenters. The van der Waals surface area contributed by atoms with Crippen molar-refractivity contribution in [2.45, 2.75) is 101 Å². The number of nitrogens with one attached hydrogen (secondary N) is 3. The average Bonchev–Trinajstić information content (AvgIpc) is 3.96. The van der Waals surface area contributed by atoms with Crippen molar-refractivity contribution < 1.29 is 41.9 Å². The van der Waals surface area contributed by atoms with Gasteiger partial charge in [-0.3, -0.25) is 23.9 Å². The molecule has 56 heavy (non-hydrogen) atoms. The number of thiazole rings is 1. The van der Waals surface area contributed by atoms with Crippen molar-refractivity contribution in [3.63, 3.8) is 0 Å². The third kappa shape index (κ3) is 8.43. The Labute approximate surface area is 331 Å². The van der Waals surface area contributed by atoms with Crippen molar-refractivity contribution in [1.29, 1.82) is 0 Å². The number of amides is 5. The highest BCUT2D eigenvalue weighted by atomic mass is 32.2. The van der Waals surface area contributed by atoms with Crippen LogP contribution in [0.2, 0.25) is 0 Å². The second-order valence-corrected chi connectivity index (χ2v) is 19.4. The molecule has 7 rings (SSSR count). The van der Waals surface area contributed by atoms with E-state index in [0.717, 1.165) is 18.4 Å². The molecule has 0 radical (unpaired) electrons. The lowest BCUT2D eigenvalue weighted by Gasteiger charge is -2.33. The maximum absolute atomic E-state index is 14.7. The van der Waals surface area contributed by atoms with Gasteiger partial charge in [0.05, 0.1) is 18.1 Å². The van der Waals surface area contributed by atoms with Crippen molar-refractivity contribution in [2.75, 3.05) is 26.7 Å². The predicted molar refractivity (Wildman–Crippen MR) is 207 cm³/mol. The molecule has 4 heterocycles. The molecule has 15 nitrogen and oxygen atoms in total. The number of aromatic nitrogens is 1. The summed E-state index contributed by atoms with van der Waals surface area (Å²) in [6, 6.07) is 5.26. The molecule has 302 valence electrons. The molecule has 5 amide bonds. The summed E-state index contributed by atoms with van der Waals surface area (Å²) in [6.07, 6.45) is 7.37. The van der Waals surface area contributed by atoms with E-state index >= 15 is 0 Å². The van der Waals surface area contributed by atoms with Gasteiger partial charge in [0.15, 0.2) is 5.01 Å². The number of benzene rings is 1. The van der Waals surface area contributed by atoms with E-state index in [0.29, 0.717) is 43.5 Å². The number of fused-ring (bicyclic) bond motifs is 4. The standard InChI is InChI=1S/C39H50N6O9S2/c1-38(2,3)54-37(50)41-29-11-9-7-5-6-8-10-25-18-39(25,36(49)43-56(51,52)27-16-17-27)42-32(46)31-28-21-44(19-24(28)20-45(31)34(29)47)35(48)33-40-30(22-55-33)23-12-14-26(53-4)15-13-23/h8,10,12-15,22,24-25,27-29,31H,5-7,9,11,16-21H2,1-4H3,(H,41,50)(H,42,46)(H,43,49)/b10-8-/t24-,25+,28-,29+,31-,39+/m0/s1. The summed E-state index contributed by atoms with van der Waals surface area (Å²) in [7, 11) is -2.33. The van der Waals surface area contributed by atoms with Gasteiger partial charge in [-0.2, -0.15) is 0 Å². The van der Waals surface area contributed by atoms with E-state index < -0.39 is 74.1 Å². The van der Waals surface area contributed by atoms with Crippen molar-refractivity contribution in [2.24, 2.45) is 17.8 Å². The molecule has 17 heteroatoms. The summed E-state index contributed by atoms with van der Waals surface area (Å²) in [4.78, 5) is 77.7. The fraction of sp³-hybridized carbons (Fsp3) is 0.590. The lowest BCUT2D eigenvalue weighted by molar-refractivity contribution is -0.142. The number of hydrogen-bond acceptors (Lipinski definition) is 11. The van der Waals surface area contributed by atoms with Gasteiger partial charge in [-0.15, -0.1) is 11.3 Å². The molecule has 3 aliphatic heterocycles. The Morgan fingerprint density at radius 1 is 1.02 bits per heavy atom. The Morgan fingerprint density at radius 3 is 2.46 bits per heavy atom. The molecule has 5 aliphatic rings. The van der Waals surface area contributed by atoms with E-state index in [9.17, 15) is 32.4 Å². The minimum atomic E-state index is -3.91. The van der Waals surface area contributed by atoms with Gasteiger partial charge in [0.25, 0.3) is 11.8 Å². The molecule has 4 fully saturated rings. The lowest BCUT2D eigenvalue weighted by atomic mass is 9.93. The van der Waals surface area contributed by atoms with Crippen LogP contribution in [0.3, 0.4) is 0 Å². The van der Waals surface area contributed by atoms with Crippen molar-refractivity contribution >= 4 is 51.1 Å². The van der Waals surface area contributed by atoms with Crippen LogP contribution in [0.1, 0.15) is 81.9 Å². The Bertz CT molecular complexity index is 2010. The highest BCUT2D eigenvalue weighted by Crippen LogP contribution is 2.47. The Balaban J connectivity index is 1.16. The number of rotatable bonds is 7. The lowest BCUT2D eigenvalue weighted by Crippen LogP contribution is -2.60. The molecule has 2 saturated carbocycles. The molecule has 1 aromatic carbocycles. The fourth-order valence-electron chi connectivity index (χ4n) is 8.09. The number of likely N-dealkylation sites (tertiary alicyclic amines) is 1. The van der Waals surface area contributed by atoms with Crippen LogP contribution in [0, 0.1) is 17.8 Å². The van der Waals surface area contributed by atoms with Crippen LogP contribution in [0.5, 0.6) is 5.75 Å².